The van der Waals surface area contributed by atoms with E-state index in [9.17, 15) is 4.79 Å². The van der Waals surface area contributed by atoms with Gasteiger partial charge in [0.2, 0.25) is 0 Å². The fraction of sp³-hybridized carbons (Fsp3) is 0. The number of hydrogen-bond donors (Lipinski definition) is 1. The molecule has 0 fully saturated rings. The average Bonchev–Trinajstić information content (AvgIpc) is 3.07. The fourth-order valence-electron chi connectivity index (χ4n) is 2.05. The molecule has 112 valence electrons. The van der Waals surface area contributed by atoms with Crippen molar-refractivity contribution in [1.29, 1.82) is 5.26 Å². The SMILES string of the molecule is N#Cc1ccc(-c2ccc(C(=O)Nc3ccc(Cl)cc3)s2)cc1. The summed E-state index contributed by atoms with van der Waals surface area (Å²) in [6, 6.07) is 20.1. The average molecular weight is 339 g/mol. The van der Waals surface area contributed by atoms with Gasteiger partial charge in [-0.2, -0.15) is 5.26 Å². The Balaban J connectivity index is 1.76. The molecule has 0 saturated heterocycles. The Hall–Kier alpha value is -2.61. The number of nitrogens with zero attached hydrogens (tertiary/aromatic N) is 1. The molecular weight excluding hydrogens is 328 g/mol. The summed E-state index contributed by atoms with van der Waals surface area (Å²) in [5, 5.41) is 12.3. The second-order valence-corrected chi connectivity index (χ2v) is 6.33. The maximum absolute atomic E-state index is 12.3. The van der Waals surface area contributed by atoms with E-state index in [1.54, 1.807) is 42.5 Å². The highest BCUT2D eigenvalue weighted by Crippen LogP contribution is 2.29. The van der Waals surface area contributed by atoms with Crippen molar-refractivity contribution in [2.24, 2.45) is 0 Å². The van der Waals surface area contributed by atoms with Crippen LogP contribution < -0.4 is 5.32 Å². The Morgan fingerprint density at radius 1 is 1.00 bits per heavy atom. The molecule has 3 aromatic rings. The van der Waals surface area contributed by atoms with Crippen molar-refractivity contribution in [3.8, 4) is 16.5 Å². The van der Waals surface area contributed by atoms with Crippen LogP contribution in [0, 0.1) is 11.3 Å². The van der Waals surface area contributed by atoms with Crippen LogP contribution in [0.4, 0.5) is 5.69 Å². The molecule has 0 atom stereocenters. The summed E-state index contributed by atoms with van der Waals surface area (Å²) in [5.74, 6) is -0.155. The van der Waals surface area contributed by atoms with Gasteiger partial charge in [-0.25, -0.2) is 0 Å². The molecule has 0 unspecified atom stereocenters. The number of halogens is 1. The Morgan fingerprint density at radius 2 is 1.70 bits per heavy atom. The van der Waals surface area contributed by atoms with Crippen LogP contribution in [0.2, 0.25) is 5.02 Å². The summed E-state index contributed by atoms with van der Waals surface area (Å²) in [4.78, 5) is 13.9. The molecule has 0 saturated carbocycles. The molecule has 0 spiro atoms. The van der Waals surface area contributed by atoms with Gasteiger partial charge in [0.15, 0.2) is 0 Å². The predicted octanol–water partition coefficient (Wildman–Crippen LogP) is 5.19. The van der Waals surface area contributed by atoms with Crippen LogP contribution in [0.25, 0.3) is 10.4 Å². The number of amides is 1. The number of carbonyl (C=O) groups excluding carboxylic acids is 1. The highest BCUT2D eigenvalue weighted by Gasteiger charge is 2.10. The van der Waals surface area contributed by atoms with Gasteiger partial charge < -0.3 is 5.32 Å². The lowest BCUT2D eigenvalue weighted by molar-refractivity contribution is 0.103. The summed E-state index contributed by atoms with van der Waals surface area (Å²) in [6.45, 7) is 0. The van der Waals surface area contributed by atoms with Crippen molar-refractivity contribution in [1.82, 2.24) is 0 Å². The molecule has 3 rings (SSSR count). The van der Waals surface area contributed by atoms with Crippen molar-refractivity contribution < 1.29 is 4.79 Å². The summed E-state index contributed by atoms with van der Waals surface area (Å²) >= 11 is 7.24. The molecule has 0 bridgehead atoms. The zero-order valence-corrected chi connectivity index (χ0v) is 13.5. The number of thiophene rings is 1. The van der Waals surface area contributed by atoms with Crippen molar-refractivity contribution in [2.75, 3.05) is 5.32 Å². The van der Waals surface area contributed by atoms with Crippen LogP contribution in [0.1, 0.15) is 15.2 Å². The topological polar surface area (TPSA) is 52.9 Å². The Bertz CT molecular complexity index is 877. The van der Waals surface area contributed by atoms with E-state index in [1.807, 2.05) is 18.2 Å². The van der Waals surface area contributed by atoms with Gasteiger partial charge in [-0.15, -0.1) is 11.3 Å². The third-order valence-electron chi connectivity index (χ3n) is 3.23. The van der Waals surface area contributed by atoms with Crippen molar-refractivity contribution in [3.05, 3.63) is 76.1 Å². The first kappa shape index (κ1) is 15.3. The first-order valence-corrected chi connectivity index (χ1v) is 8.02. The van der Waals surface area contributed by atoms with Gasteiger partial charge in [-0.1, -0.05) is 23.7 Å². The molecule has 2 aromatic carbocycles. The summed E-state index contributed by atoms with van der Waals surface area (Å²) in [7, 11) is 0. The zero-order valence-electron chi connectivity index (χ0n) is 11.9. The van der Waals surface area contributed by atoms with E-state index in [2.05, 4.69) is 11.4 Å². The predicted molar refractivity (Wildman–Crippen MR) is 93.9 cm³/mol. The smallest absolute Gasteiger partial charge is 0.265 e. The van der Waals surface area contributed by atoms with Gasteiger partial charge in [-0.3, -0.25) is 4.79 Å². The molecule has 0 radical (unpaired) electrons. The number of anilines is 1. The first-order chi connectivity index (χ1) is 11.2. The quantitative estimate of drug-likeness (QED) is 0.714. The van der Waals surface area contributed by atoms with E-state index in [0.717, 1.165) is 10.4 Å². The molecule has 3 nitrogen and oxygen atoms in total. The third-order valence-corrected chi connectivity index (χ3v) is 4.62. The lowest BCUT2D eigenvalue weighted by atomic mass is 10.1. The molecule has 1 N–H and O–H groups in total. The van der Waals surface area contributed by atoms with Crippen LogP contribution in [0.5, 0.6) is 0 Å². The van der Waals surface area contributed by atoms with Gasteiger partial charge in [0.1, 0.15) is 0 Å². The van der Waals surface area contributed by atoms with Gasteiger partial charge in [0.05, 0.1) is 16.5 Å². The van der Waals surface area contributed by atoms with Crippen LogP contribution in [0.3, 0.4) is 0 Å². The lowest BCUT2D eigenvalue weighted by Gasteiger charge is -2.03. The minimum atomic E-state index is -0.155. The Kier molecular flexibility index (Phi) is 4.42. The monoisotopic (exact) mass is 338 g/mol. The summed E-state index contributed by atoms with van der Waals surface area (Å²) < 4.78 is 0. The molecule has 23 heavy (non-hydrogen) atoms. The van der Waals surface area contributed by atoms with Gasteiger partial charge in [0, 0.05) is 15.6 Å². The molecule has 5 heteroatoms. The second kappa shape index (κ2) is 6.66. The summed E-state index contributed by atoms with van der Waals surface area (Å²) in [6.07, 6.45) is 0. The number of carbonyl (C=O) groups is 1. The van der Waals surface area contributed by atoms with Gasteiger partial charge >= 0.3 is 0 Å². The number of rotatable bonds is 3. The minimum absolute atomic E-state index is 0.155. The maximum atomic E-state index is 12.3. The Morgan fingerprint density at radius 3 is 2.35 bits per heavy atom. The van der Waals surface area contributed by atoms with Crippen molar-refractivity contribution in [3.63, 3.8) is 0 Å². The largest absolute Gasteiger partial charge is 0.321 e. The van der Waals surface area contributed by atoms with Crippen molar-refractivity contribution >= 4 is 34.5 Å². The molecule has 1 heterocycles. The van der Waals surface area contributed by atoms with Crippen LogP contribution >= 0.6 is 22.9 Å². The zero-order chi connectivity index (χ0) is 16.2. The van der Waals surface area contributed by atoms with E-state index in [0.29, 0.717) is 21.2 Å². The van der Waals surface area contributed by atoms with Gasteiger partial charge in [0.25, 0.3) is 5.91 Å². The number of benzene rings is 2. The maximum Gasteiger partial charge on any atom is 0.265 e. The lowest BCUT2D eigenvalue weighted by Crippen LogP contribution is -2.09. The van der Waals surface area contributed by atoms with Crippen LogP contribution in [0.15, 0.2) is 60.7 Å². The molecule has 0 aliphatic heterocycles. The minimum Gasteiger partial charge on any atom is -0.321 e. The standard InChI is InChI=1S/C18H11ClN2OS/c19-14-5-7-15(8-6-14)21-18(22)17-10-9-16(23-17)13-3-1-12(11-20)2-4-13/h1-10H,(H,21,22). The number of nitrogens with one attached hydrogen (secondary N) is 1. The van der Waals surface area contributed by atoms with Crippen LogP contribution in [-0.4, -0.2) is 5.91 Å². The van der Waals surface area contributed by atoms with E-state index in [1.165, 1.54) is 11.3 Å². The molecule has 1 amide bonds. The van der Waals surface area contributed by atoms with E-state index < -0.39 is 0 Å². The summed E-state index contributed by atoms with van der Waals surface area (Å²) in [5.41, 5.74) is 2.30. The molecular formula is C18H11ClN2OS. The number of hydrogen-bond acceptors (Lipinski definition) is 3. The molecule has 0 aliphatic carbocycles. The Labute approximate surface area is 142 Å². The van der Waals surface area contributed by atoms with Crippen molar-refractivity contribution in [2.45, 2.75) is 0 Å². The number of nitriles is 1. The first-order valence-electron chi connectivity index (χ1n) is 6.83. The normalized spacial score (nSPS) is 10.1. The third kappa shape index (κ3) is 3.59. The second-order valence-electron chi connectivity index (χ2n) is 4.81. The fourth-order valence-corrected chi connectivity index (χ4v) is 3.08. The van der Waals surface area contributed by atoms with Gasteiger partial charge in [-0.05, 0) is 54.1 Å². The molecule has 0 aliphatic rings. The van der Waals surface area contributed by atoms with Crippen LogP contribution in [-0.2, 0) is 0 Å². The molecule has 1 aromatic heterocycles. The van der Waals surface area contributed by atoms with E-state index in [-0.39, 0.29) is 5.91 Å². The highest BCUT2D eigenvalue weighted by molar-refractivity contribution is 7.17. The highest BCUT2D eigenvalue weighted by atomic mass is 35.5. The van der Waals surface area contributed by atoms with E-state index in [4.69, 9.17) is 16.9 Å². The van der Waals surface area contributed by atoms with E-state index >= 15 is 0 Å².